The quantitative estimate of drug-likeness (QED) is 0.646. The van der Waals surface area contributed by atoms with Gasteiger partial charge in [-0.25, -0.2) is 0 Å². The summed E-state index contributed by atoms with van der Waals surface area (Å²) < 4.78 is 0. The van der Waals surface area contributed by atoms with E-state index in [1.165, 1.54) is 0 Å². The first-order chi connectivity index (χ1) is 5.64. The molecule has 0 radical (unpaired) electrons. The molecular weight excluding hydrogens is 152 g/mol. The first kappa shape index (κ1) is 9.09. The van der Waals surface area contributed by atoms with E-state index in [9.17, 15) is 0 Å². The van der Waals surface area contributed by atoms with Crippen LogP contribution in [0.4, 0.5) is 0 Å². The van der Waals surface area contributed by atoms with E-state index in [4.69, 9.17) is 11.5 Å². The maximum atomic E-state index is 5.86. The van der Waals surface area contributed by atoms with Gasteiger partial charge in [0.2, 0.25) is 0 Å². The summed E-state index contributed by atoms with van der Waals surface area (Å²) in [5.41, 5.74) is 11.8. The zero-order chi connectivity index (χ0) is 9.03. The minimum Gasteiger partial charge on any atom is -0.329 e. The highest BCUT2D eigenvalue weighted by Gasteiger charge is 2.17. The molecule has 4 heteroatoms. The standard InChI is InChI=1S/C8H14N4/c1-8(10,6-9)4-7-5-11-2-3-12-7/h2-3,5H,4,6,9-10H2,1H3. The first-order valence-electron chi connectivity index (χ1n) is 3.88. The van der Waals surface area contributed by atoms with Crippen LogP contribution in [0.1, 0.15) is 12.6 Å². The van der Waals surface area contributed by atoms with Crippen molar-refractivity contribution in [1.82, 2.24) is 9.97 Å². The van der Waals surface area contributed by atoms with Gasteiger partial charge >= 0.3 is 0 Å². The van der Waals surface area contributed by atoms with Gasteiger partial charge in [0, 0.05) is 37.1 Å². The number of rotatable bonds is 3. The van der Waals surface area contributed by atoms with Crippen LogP contribution in [0.3, 0.4) is 0 Å². The molecule has 0 bridgehead atoms. The minimum atomic E-state index is -0.379. The van der Waals surface area contributed by atoms with Crippen molar-refractivity contribution in [2.24, 2.45) is 11.5 Å². The lowest BCUT2D eigenvalue weighted by atomic mass is 9.98. The molecule has 0 saturated heterocycles. The van der Waals surface area contributed by atoms with E-state index in [1.807, 2.05) is 6.92 Å². The molecule has 1 heterocycles. The fraction of sp³-hybridized carbons (Fsp3) is 0.500. The molecule has 1 aromatic heterocycles. The van der Waals surface area contributed by atoms with Crippen LogP contribution in [0.15, 0.2) is 18.6 Å². The Kier molecular flexibility index (Phi) is 2.73. The summed E-state index contributed by atoms with van der Waals surface area (Å²) in [5, 5.41) is 0. The second-order valence-corrected chi connectivity index (χ2v) is 3.23. The Morgan fingerprint density at radius 1 is 1.50 bits per heavy atom. The fourth-order valence-corrected chi connectivity index (χ4v) is 0.907. The van der Waals surface area contributed by atoms with Crippen LogP contribution < -0.4 is 11.5 Å². The Morgan fingerprint density at radius 2 is 2.25 bits per heavy atom. The molecule has 1 aromatic rings. The maximum absolute atomic E-state index is 5.86. The van der Waals surface area contributed by atoms with E-state index in [0.29, 0.717) is 13.0 Å². The molecule has 4 N–H and O–H groups in total. The number of hydrogen-bond donors (Lipinski definition) is 2. The Hall–Kier alpha value is -1.00. The highest BCUT2D eigenvalue weighted by Crippen LogP contribution is 2.04. The Balaban J connectivity index is 2.64. The van der Waals surface area contributed by atoms with Crippen molar-refractivity contribution in [3.63, 3.8) is 0 Å². The third-order valence-electron chi connectivity index (χ3n) is 1.67. The smallest absolute Gasteiger partial charge is 0.0605 e. The molecule has 1 atom stereocenters. The van der Waals surface area contributed by atoms with Gasteiger partial charge in [-0.1, -0.05) is 0 Å². The van der Waals surface area contributed by atoms with Gasteiger partial charge in [-0.2, -0.15) is 0 Å². The third kappa shape index (κ3) is 2.56. The molecule has 0 aliphatic rings. The Morgan fingerprint density at radius 3 is 2.75 bits per heavy atom. The van der Waals surface area contributed by atoms with Crippen LogP contribution in [-0.4, -0.2) is 22.1 Å². The van der Waals surface area contributed by atoms with Gasteiger partial charge in [-0.15, -0.1) is 0 Å². The average Bonchev–Trinajstić information content (AvgIpc) is 2.06. The fourth-order valence-electron chi connectivity index (χ4n) is 0.907. The lowest BCUT2D eigenvalue weighted by molar-refractivity contribution is 0.471. The Labute approximate surface area is 72.0 Å². The van der Waals surface area contributed by atoms with Crippen molar-refractivity contribution in [3.8, 4) is 0 Å². The number of aromatic nitrogens is 2. The summed E-state index contributed by atoms with van der Waals surface area (Å²) in [6.07, 6.45) is 5.67. The molecule has 4 nitrogen and oxygen atoms in total. The molecule has 12 heavy (non-hydrogen) atoms. The maximum Gasteiger partial charge on any atom is 0.0605 e. The van der Waals surface area contributed by atoms with Gasteiger partial charge < -0.3 is 11.5 Å². The molecule has 0 aromatic carbocycles. The molecule has 0 fully saturated rings. The second-order valence-electron chi connectivity index (χ2n) is 3.23. The predicted octanol–water partition coefficient (Wildman–Crippen LogP) is -0.305. The molecule has 0 amide bonds. The summed E-state index contributed by atoms with van der Waals surface area (Å²) in [4.78, 5) is 8.06. The van der Waals surface area contributed by atoms with Crippen LogP contribution in [0, 0.1) is 0 Å². The van der Waals surface area contributed by atoms with Crippen LogP contribution in [0.2, 0.25) is 0 Å². The molecule has 0 saturated carbocycles. The monoisotopic (exact) mass is 166 g/mol. The molecule has 0 aliphatic heterocycles. The van der Waals surface area contributed by atoms with Gasteiger partial charge in [-0.05, 0) is 6.92 Å². The van der Waals surface area contributed by atoms with E-state index in [2.05, 4.69) is 9.97 Å². The minimum absolute atomic E-state index is 0.379. The van der Waals surface area contributed by atoms with Gasteiger partial charge in [0.1, 0.15) is 0 Å². The highest BCUT2D eigenvalue weighted by molar-refractivity contribution is 5.01. The normalized spacial score (nSPS) is 15.6. The highest BCUT2D eigenvalue weighted by atomic mass is 14.8. The predicted molar refractivity (Wildman–Crippen MR) is 47.4 cm³/mol. The SMILES string of the molecule is CC(N)(CN)Cc1cnccn1. The van der Waals surface area contributed by atoms with Crippen molar-refractivity contribution in [2.45, 2.75) is 18.9 Å². The zero-order valence-electron chi connectivity index (χ0n) is 7.20. The first-order valence-corrected chi connectivity index (χ1v) is 3.88. The third-order valence-corrected chi connectivity index (χ3v) is 1.67. The van der Waals surface area contributed by atoms with Crippen LogP contribution in [0.5, 0.6) is 0 Å². The van der Waals surface area contributed by atoms with Crippen molar-refractivity contribution >= 4 is 0 Å². The van der Waals surface area contributed by atoms with Gasteiger partial charge in [0.15, 0.2) is 0 Å². The van der Waals surface area contributed by atoms with Crippen molar-refractivity contribution in [1.29, 1.82) is 0 Å². The molecule has 66 valence electrons. The van der Waals surface area contributed by atoms with E-state index in [1.54, 1.807) is 18.6 Å². The van der Waals surface area contributed by atoms with Crippen molar-refractivity contribution in [2.75, 3.05) is 6.54 Å². The lowest BCUT2D eigenvalue weighted by Gasteiger charge is -2.21. The largest absolute Gasteiger partial charge is 0.329 e. The van der Waals surface area contributed by atoms with Crippen LogP contribution in [-0.2, 0) is 6.42 Å². The number of hydrogen-bond acceptors (Lipinski definition) is 4. The zero-order valence-corrected chi connectivity index (χ0v) is 7.20. The summed E-state index contributed by atoms with van der Waals surface area (Å²) in [6, 6.07) is 0. The van der Waals surface area contributed by atoms with Gasteiger partial charge in [0.25, 0.3) is 0 Å². The number of nitrogens with zero attached hydrogens (tertiary/aromatic N) is 2. The van der Waals surface area contributed by atoms with Crippen molar-refractivity contribution in [3.05, 3.63) is 24.3 Å². The summed E-state index contributed by atoms with van der Waals surface area (Å²) in [6.45, 7) is 2.35. The Bertz CT molecular complexity index is 232. The molecule has 0 spiro atoms. The molecular formula is C8H14N4. The van der Waals surface area contributed by atoms with E-state index < -0.39 is 0 Å². The molecule has 0 aliphatic carbocycles. The summed E-state index contributed by atoms with van der Waals surface area (Å²) in [5.74, 6) is 0. The summed E-state index contributed by atoms with van der Waals surface area (Å²) >= 11 is 0. The average molecular weight is 166 g/mol. The van der Waals surface area contributed by atoms with Gasteiger partial charge in [0.05, 0.1) is 5.69 Å². The second kappa shape index (κ2) is 3.60. The topological polar surface area (TPSA) is 77.8 Å². The van der Waals surface area contributed by atoms with Gasteiger partial charge in [-0.3, -0.25) is 9.97 Å². The van der Waals surface area contributed by atoms with Crippen molar-refractivity contribution < 1.29 is 0 Å². The van der Waals surface area contributed by atoms with Crippen LogP contribution in [0.25, 0.3) is 0 Å². The molecule has 1 rings (SSSR count). The van der Waals surface area contributed by atoms with E-state index in [-0.39, 0.29) is 5.54 Å². The van der Waals surface area contributed by atoms with E-state index in [0.717, 1.165) is 5.69 Å². The molecule has 1 unspecified atom stereocenters. The van der Waals surface area contributed by atoms with Crippen LogP contribution >= 0.6 is 0 Å². The lowest BCUT2D eigenvalue weighted by Crippen LogP contribution is -2.46. The van der Waals surface area contributed by atoms with E-state index >= 15 is 0 Å². The number of nitrogens with two attached hydrogens (primary N) is 2. The summed E-state index contributed by atoms with van der Waals surface area (Å²) in [7, 11) is 0.